The van der Waals surface area contributed by atoms with Crippen LogP contribution in [0.1, 0.15) is 37.7 Å². The van der Waals surface area contributed by atoms with Crippen molar-refractivity contribution in [3.63, 3.8) is 0 Å². The van der Waals surface area contributed by atoms with Crippen molar-refractivity contribution in [2.24, 2.45) is 0 Å². The lowest BCUT2D eigenvalue weighted by Crippen LogP contribution is -2.30. The Hall–Kier alpha value is -3.15. The smallest absolute Gasteiger partial charge is 0.261 e. The summed E-state index contributed by atoms with van der Waals surface area (Å²) in [6.07, 6.45) is 0. The van der Waals surface area contributed by atoms with Gasteiger partial charge in [-0.15, -0.1) is 0 Å². The Morgan fingerprint density at radius 1 is 0.839 bits per heavy atom. The Bertz CT molecular complexity index is 1340. The van der Waals surface area contributed by atoms with Crippen LogP contribution in [0.25, 0.3) is 11.0 Å². The van der Waals surface area contributed by atoms with E-state index in [2.05, 4.69) is 6.07 Å². The van der Waals surface area contributed by atoms with Gasteiger partial charge in [0.05, 0.1) is 38.8 Å². The zero-order valence-corrected chi connectivity index (χ0v) is 18.1. The van der Waals surface area contributed by atoms with Crippen molar-refractivity contribution in [2.45, 2.75) is 20.0 Å². The Balaban J connectivity index is 1.60. The summed E-state index contributed by atoms with van der Waals surface area (Å²) in [6, 6.07) is 18.5. The zero-order valence-electron chi connectivity index (χ0n) is 16.6. The average molecular weight is 450 g/mol. The number of hydrogen-bond acceptors (Lipinski definition) is 3. The Kier molecular flexibility index (Phi) is 4.80. The van der Waals surface area contributed by atoms with Gasteiger partial charge in [-0.25, -0.2) is 4.98 Å². The number of carbonyl (C=O) groups is 2. The molecule has 154 valence electrons. The number of imide groups is 1. The first-order valence-corrected chi connectivity index (χ1v) is 10.5. The molecule has 5 rings (SSSR count). The van der Waals surface area contributed by atoms with E-state index in [-0.39, 0.29) is 18.4 Å². The number of carbonyl (C=O) groups excluding carboxylic acids is 2. The van der Waals surface area contributed by atoms with Gasteiger partial charge in [-0.2, -0.15) is 0 Å². The first-order chi connectivity index (χ1) is 14.9. The van der Waals surface area contributed by atoms with Crippen molar-refractivity contribution in [3.05, 3.63) is 98.8 Å². The van der Waals surface area contributed by atoms with E-state index in [9.17, 15) is 9.59 Å². The Morgan fingerprint density at radius 2 is 1.52 bits per heavy atom. The number of imidazole rings is 1. The summed E-state index contributed by atoms with van der Waals surface area (Å²) in [4.78, 5) is 31.7. The van der Waals surface area contributed by atoms with Crippen LogP contribution in [0.2, 0.25) is 10.0 Å². The summed E-state index contributed by atoms with van der Waals surface area (Å²) < 4.78 is 1.98. The third kappa shape index (κ3) is 3.40. The van der Waals surface area contributed by atoms with Crippen molar-refractivity contribution >= 4 is 46.0 Å². The molecule has 3 aromatic carbocycles. The van der Waals surface area contributed by atoms with Crippen molar-refractivity contribution in [3.8, 4) is 0 Å². The van der Waals surface area contributed by atoms with Crippen LogP contribution in [0.4, 0.5) is 0 Å². The number of nitrogens with zero attached hydrogens (tertiary/aromatic N) is 3. The Labute approximate surface area is 188 Å². The normalized spacial score (nSPS) is 13.3. The molecule has 0 radical (unpaired) electrons. The summed E-state index contributed by atoms with van der Waals surface area (Å²) in [7, 11) is 0. The maximum atomic E-state index is 12.9. The molecule has 0 atom stereocenters. The number of rotatable bonds is 4. The molecule has 7 heteroatoms. The number of aryl methyl sites for hydroxylation is 1. The minimum absolute atomic E-state index is 0.0576. The molecule has 0 spiro atoms. The van der Waals surface area contributed by atoms with Gasteiger partial charge in [-0.3, -0.25) is 14.5 Å². The van der Waals surface area contributed by atoms with Gasteiger partial charge in [0.2, 0.25) is 0 Å². The third-order valence-electron chi connectivity index (χ3n) is 5.47. The molecule has 1 aromatic heterocycles. The van der Waals surface area contributed by atoms with E-state index in [0.717, 1.165) is 16.6 Å². The van der Waals surface area contributed by atoms with Crippen LogP contribution >= 0.6 is 23.2 Å². The van der Waals surface area contributed by atoms with E-state index < -0.39 is 0 Å². The molecular weight excluding hydrogens is 433 g/mol. The molecule has 31 heavy (non-hydrogen) atoms. The molecule has 0 fully saturated rings. The van der Waals surface area contributed by atoms with E-state index in [1.54, 1.807) is 36.4 Å². The summed E-state index contributed by atoms with van der Waals surface area (Å²) >= 11 is 12.5. The number of halogens is 2. The first-order valence-electron chi connectivity index (χ1n) is 9.77. The quantitative estimate of drug-likeness (QED) is 0.386. The standard InChI is InChI=1S/C24H17Cl2N3O2/c1-14-5-4-6-15(9-14)12-28-21-11-19(26)18(25)10-20(21)27-22(28)13-29-23(30)16-7-2-3-8-17(16)24(29)31/h2-11H,12-13H2,1H3. The van der Waals surface area contributed by atoms with Crippen LogP contribution in [0, 0.1) is 6.92 Å². The first kappa shape index (κ1) is 19.8. The topological polar surface area (TPSA) is 55.2 Å². The Morgan fingerprint density at radius 3 is 2.19 bits per heavy atom. The highest BCUT2D eigenvalue weighted by molar-refractivity contribution is 6.42. The molecule has 5 nitrogen and oxygen atoms in total. The highest BCUT2D eigenvalue weighted by atomic mass is 35.5. The van der Waals surface area contributed by atoms with Gasteiger partial charge in [0.1, 0.15) is 5.82 Å². The van der Waals surface area contributed by atoms with Gasteiger partial charge >= 0.3 is 0 Å². The van der Waals surface area contributed by atoms with Gasteiger partial charge in [-0.1, -0.05) is 65.2 Å². The fraction of sp³-hybridized carbons (Fsp3) is 0.125. The van der Waals surface area contributed by atoms with Crippen LogP contribution in [0.5, 0.6) is 0 Å². The second-order valence-electron chi connectivity index (χ2n) is 7.60. The van der Waals surface area contributed by atoms with Gasteiger partial charge in [0.15, 0.2) is 0 Å². The zero-order chi connectivity index (χ0) is 21.7. The van der Waals surface area contributed by atoms with Crippen LogP contribution in [-0.4, -0.2) is 26.3 Å². The molecule has 0 N–H and O–H groups in total. The average Bonchev–Trinajstić information content (AvgIpc) is 3.19. The summed E-state index contributed by atoms with van der Waals surface area (Å²) in [5, 5.41) is 0.827. The minimum atomic E-state index is -0.314. The van der Waals surface area contributed by atoms with E-state index >= 15 is 0 Å². The molecule has 0 bridgehead atoms. The van der Waals surface area contributed by atoms with Crippen molar-refractivity contribution in [1.82, 2.24) is 14.5 Å². The van der Waals surface area contributed by atoms with Crippen molar-refractivity contribution in [1.29, 1.82) is 0 Å². The molecule has 0 saturated carbocycles. The molecule has 2 amide bonds. The maximum absolute atomic E-state index is 12.9. The lowest BCUT2D eigenvalue weighted by atomic mass is 10.1. The van der Waals surface area contributed by atoms with Crippen molar-refractivity contribution < 1.29 is 9.59 Å². The fourth-order valence-corrected chi connectivity index (χ4v) is 4.30. The second kappa shape index (κ2) is 7.52. The predicted octanol–water partition coefficient (Wildman–Crippen LogP) is 5.50. The summed E-state index contributed by atoms with van der Waals surface area (Å²) in [5.74, 6) is -0.0407. The number of hydrogen-bond donors (Lipinski definition) is 0. The monoisotopic (exact) mass is 449 g/mol. The number of aromatic nitrogens is 2. The van der Waals surface area contributed by atoms with Gasteiger partial charge in [0, 0.05) is 6.54 Å². The lowest BCUT2D eigenvalue weighted by Gasteiger charge is -2.16. The number of amides is 2. The molecule has 1 aliphatic rings. The third-order valence-corrected chi connectivity index (χ3v) is 6.19. The number of fused-ring (bicyclic) bond motifs is 2. The summed E-state index contributed by atoms with van der Waals surface area (Å²) in [5.41, 5.74) is 4.51. The molecule has 0 saturated heterocycles. The van der Waals surface area contributed by atoms with E-state index in [1.807, 2.05) is 29.7 Å². The van der Waals surface area contributed by atoms with Crippen LogP contribution < -0.4 is 0 Å². The summed E-state index contributed by atoms with van der Waals surface area (Å²) in [6.45, 7) is 2.61. The molecular formula is C24H17Cl2N3O2. The van der Waals surface area contributed by atoms with E-state index in [1.165, 1.54) is 4.90 Å². The maximum Gasteiger partial charge on any atom is 0.261 e. The highest BCUT2D eigenvalue weighted by Gasteiger charge is 2.36. The van der Waals surface area contributed by atoms with Gasteiger partial charge < -0.3 is 4.57 Å². The molecule has 0 aliphatic carbocycles. The molecule has 2 heterocycles. The van der Waals surface area contributed by atoms with E-state index in [0.29, 0.717) is 39.1 Å². The predicted molar refractivity (Wildman–Crippen MR) is 121 cm³/mol. The van der Waals surface area contributed by atoms with Crippen LogP contribution in [0.3, 0.4) is 0 Å². The SMILES string of the molecule is Cc1cccc(Cn2c(CN3C(=O)c4ccccc4C3=O)nc3cc(Cl)c(Cl)cc32)c1. The second-order valence-corrected chi connectivity index (χ2v) is 8.41. The van der Waals surface area contributed by atoms with Crippen LogP contribution in [0.15, 0.2) is 60.7 Å². The van der Waals surface area contributed by atoms with Gasteiger partial charge in [0.25, 0.3) is 11.8 Å². The lowest BCUT2D eigenvalue weighted by molar-refractivity contribution is 0.0637. The largest absolute Gasteiger partial charge is 0.322 e. The van der Waals surface area contributed by atoms with Gasteiger partial charge in [-0.05, 0) is 36.8 Å². The minimum Gasteiger partial charge on any atom is -0.322 e. The molecule has 4 aromatic rings. The highest BCUT2D eigenvalue weighted by Crippen LogP contribution is 2.30. The van der Waals surface area contributed by atoms with Crippen molar-refractivity contribution in [2.75, 3.05) is 0 Å². The fourth-order valence-electron chi connectivity index (χ4n) is 3.98. The molecule has 0 unspecified atom stereocenters. The molecule has 1 aliphatic heterocycles. The van der Waals surface area contributed by atoms with Crippen LogP contribution in [-0.2, 0) is 13.1 Å². The number of benzene rings is 3. The van der Waals surface area contributed by atoms with E-state index in [4.69, 9.17) is 28.2 Å².